The molecule has 0 aromatic rings. The van der Waals surface area contributed by atoms with E-state index in [1.807, 2.05) is 4.90 Å². The van der Waals surface area contributed by atoms with Gasteiger partial charge < -0.3 is 15.7 Å². The number of carboxylic acids is 1. The summed E-state index contributed by atoms with van der Waals surface area (Å²) < 4.78 is 0. The van der Waals surface area contributed by atoms with Crippen LogP contribution in [0.25, 0.3) is 0 Å². The van der Waals surface area contributed by atoms with Crippen molar-refractivity contribution in [2.75, 3.05) is 13.1 Å². The van der Waals surface area contributed by atoms with E-state index in [0.717, 1.165) is 51.5 Å². The lowest BCUT2D eigenvalue weighted by Gasteiger charge is -2.40. The van der Waals surface area contributed by atoms with Crippen LogP contribution >= 0.6 is 0 Å². The Kier molecular flexibility index (Phi) is 4.45. The first-order chi connectivity index (χ1) is 9.01. The molecule has 1 saturated carbocycles. The van der Waals surface area contributed by atoms with E-state index in [-0.39, 0.29) is 18.2 Å². The van der Waals surface area contributed by atoms with Gasteiger partial charge in [0.05, 0.1) is 5.54 Å². The monoisotopic (exact) mass is 268 g/mol. The predicted molar refractivity (Wildman–Crippen MR) is 71.6 cm³/mol. The summed E-state index contributed by atoms with van der Waals surface area (Å²) in [6.45, 7) is 1.29. The molecule has 5 nitrogen and oxygen atoms in total. The number of aliphatic carboxylic acids is 1. The van der Waals surface area contributed by atoms with Crippen LogP contribution in [0.5, 0.6) is 0 Å². The Morgan fingerprint density at radius 2 is 1.89 bits per heavy atom. The van der Waals surface area contributed by atoms with Crippen molar-refractivity contribution in [3.63, 3.8) is 0 Å². The van der Waals surface area contributed by atoms with Gasteiger partial charge in [-0.2, -0.15) is 0 Å². The molecule has 2 rings (SSSR count). The minimum Gasteiger partial charge on any atom is -0.481 e. The average Bonchev–Trinajstić information content (AvgIpc) is 2.38. The van der Waals surface area contributed by atoms with Gasteiger partial charge in [-0.25, -0.2) is 0 Å². The van der Waals surface area contributed by atoms with Crippen molar-refractivity contribution in [2.45, 2.75) is 56.9 Å². The molecule has 2 fully saturated rings. The fourth-order valence-corrected chi connectivity index (χ4v) is 3.37. The summed E-state index contributed by atoms with van der Waals surface area (Å²) in [4.78, 5) is 25.1. The van der Waals surface area contributed by atoms with Crippen molar-refractivity contribution >= 4 is 11.9 Å². The van der Waals surface area contributed by atoms with E-state index in [9.17, 15) is 9.59 Å². The lowest BCUT2D eigenvalue weighted by Crippen LogP contribution is -2.58. The van der Waals surface area contributed by atoms with Gasteiger partial charge in [-0.05, 0) is 31.6 Å². The standard InChI is InChI=1S/C14H24N2O3/c15-14(6-2-1-3-7-14)13(19)16-8-4-5-11(10-16)9-12(17)18/h11H,1-10,15H2,(H,17,18). The van der Waals surface area contributed by atoms with E-state index in [2.05, 4.69) is 0 Å². The molecule has 2 aliphatic rings. The number of carbonyl (C=O) groups excluding carboxylic acids is 1. The number of carbonyl (C=O) groups is 2. The number of hydrogen-bond donors (Lipinski definition) is 2. The van der Waals surface area contributed by atoms with E-state index in [1.54, 1.807) is 0 Å². The third-order valence-electron chi connectivity index (χ3n) is 4.44. The van der Waals surface area contributed by atoms with Gasteiger partial charge in [-0.3, -0.25) is 9.59 Å². The minimum atomic E-state index is -0.778. The average molecular weight is 268 g/mol. The number of likely N-dealkylation sites (tertiary alicyclic amines) is 1. The van der Waals surface area contributed by atoms with Crippen LogP contribution in [-0.4, -0.2) is 40.5 Å². The maximum absolute atomic E-state index is 12.6. The zero-order valence-electron chi connectivity index (χ0n) is 11.4. The van der Waals surface area contributed by atoms with E-state index in [1.165, 1.54) is 0 Å². The molecule has 1 amide bonds. The molecule has 0 aromatic heterocycles. The molecule has 5 heteroatoms. The van der Waals surface area contributed by atoms with E-state index in [4.69, 9.17) is 10.8 Å². The summed E-state index contributed by atoms with van der Waals surface area (Å²) >= 11 is 0. The van der Waals surface area contributed by atoms with Gasteiger partial charge in [0.2, 0.25) is 5.91 Å². The predicted octanol–water partition coefficient (Wildman–Crippen LogP) is 1.36. The molecule has 1 aliphatic heterocycles. The van der Waals surface area contributed by atoms with E-state index in [0.29, 0.717) is 6.54 Å². The molecule has 1 aliphatic carbocycles. The van der Waals surface area contributed by atoms with Gasteiger partial charge >= 0.3 is 5.97 Å². The second-order valence-corrected chi connectivity index (χ2v) is 6.07. The highest BCUT2D eigenvalue weighted by molar-refractivity contribution is 5.86. The minimum absolute atomic E-state index is 0.0438. The Morgan fingerprint density at radius 1 is 1.21 bits per heavy atom. The SMILES string of the molecule is NC1(C(=O)N2CCCC(CC(=O)O)C2)CCCCC1. The van der Waals surface area contributed by atoms with Crippen LogP contribution in [0.2, 0.25) is 0 Å². The fourth-order valence-electron chi connectivity index (χ4n) is 3.37. The highest BCUT2D eigenvalue weighted by Crippen LogP contribution is 2.30. The van der Waals surface area contributed by atoms with Gasteiger partial charge in [0, 0.05) is 19.5 Å². The second-order valence-electron chi connectivity index (χ2n) is 6.07. The van der Waals surface area contributed by atoms with Crippen LogP contribution < -0.4 is 5.73 Å². The molecule has 1 atom stereocenters. The molecule has 1 heterocycles. The quantitative estimate of drug-likeness (QED) is 0.809. The molecular weight excluding hydrogens is 244 g/mol. The molecule has 0 radical (unpaired) electrons. The summed E-state index contributed by atoms with van der Waals surface area (Å²) in [7, 11) is 0. The van der Waals surface area contributed by atoms with Crippen molar-refractivity contribution in [3.8, 4) is 0 Å². The molecule has 3 N–H and O–H groups in total. The number of amides is 1. The summed E-state index contributed by atoms with van der Waals surface area (Å²) in [6.07, 6.45) is 6.68. The van der Waals surface area contributed by atoms with Gasteiger partial charge in [0.15, 0.2) is 0 Å². The van der Waals surface area contributed by atoms with Crippen LogP contribution in [0.4, 0.5) is 0 Å². The zero-order valence-corrected chi connectivity index (χ0v) is 11.4. The maximum atomic E-state index is 12.6. The molecule has 1 unspecified atom stereocenters. The lowest BCUT2D eigenvalue weighted by molar-refractivity contribution is -0.143. The first-order valence-corrected chi connectivity index (χ1v) is 7.31. The van der Waals surface area contributed by atoms with Gasteiger partial charge in [-0.1, -0.05) is 19.3 Å². The summed E-state index contributed by atoms with van der Waals surface area (Å²) in [5.74, 6) is -0.649. The summed E-state index contributed by atoms with van der Waals surface area (Å²) in [6, 6.07) is 0. The summed E-state index contributed by atoms with van der Waals surface area (Å²) in [5.41, 5.74) is 5.58. The molecule has 1 saturated heterocycles. The van der Waals surface area contributed by atoms with Crippen molar-refractivity contribution in [1.29, 1.82) is 0 Å². The van der Waals surface area contributed by atoms with Crippen LogP contribution in [0, 0.1) is 5.92 Å². The van der Waals surface area contributed by atoms with E-state index < -0.39 is 11.5 Å². The number of hydrogen-bond acceptors (Lipinski definition) is 3. The third kappa shape index (κ3) is 3.47. The third-order valence-corrected chi connectivity index (χ3v) is 4.44. The lowest BCUT2D eigenvalue weighted by atomic mass is 9.80. The maximum Gasteiger partial charge on any atom is 0.303 e. The zero-order chi connectivity index (χ0) is 13.9. The van der Waals surface area contributed by atoms with Gasteiger partial charge in [0.25, 0.3) is 0 Å². The van der Waals surface area contributed by atoms with Crippen LogP contribution in [-0.2, 0) is 9.59 Å². The van der Waals surface area contributed by atoms with Crippen molar-refractivity contribution < 1.29 is 14.7 Å². The van der Waals surface area contributed by atoms with E-state index >= 15 is 0 Å². The first kappa shape index (κ1) is 14.3. The highest BCUT2D eigenvalue weighted by atomic mass is 16.4. The van der Waals surface area contributed by atoms with Crippen molar-refractivity contribution in [2.24, 2.45) is 11.7 Å². The number of rotatable bonds is 3. The topological polar surface area (TPSA) is 83.6 Å². The smallest absolute Gasteiger partial charge is 0.303 e. The van der Waals surface area contributed by atoms with Gasteiger partial charge in [-0.15, -0.1) is 0 Å². The Labute approximate surface area is 114 Å². The Morgan fingerprint density at radius 3 is 2.53 bits per heavy atom. The highest BCUT2D eigenvalue weighted by Gasteiger charge is 2.39. The van der Waals surface area contributed by atoms with Crippen molar-refractivity contribution in [3.05, 3.63) is 0 Å². The second kappa shape index (κ2) is 5.90. The molecule has 0 aromatic carbocycles. The molecule has 0 spiro atoms. The molecular formula is C14H24N2O3. The Balaban J connectivity index is 1.96. The number of piperidine rings is 1. The number of carboxylic acid groups (broad SMARTS) is 1. The van der Waals surface area contributed by atoms with Crippen LogP contribution in [0.1, 0.15) is 51.4 Å². The normalized spacial score (nSPS) is 27.0. The van der Waals surface area contributed by atoms with Crippen LogP contribution in [0.3, 0.4) is 0 Å². The summed E-state index contributed by atoms with van der Waals surface area (Å²) in [5, 5.41) is 8.86. The first-order valence-electron chi connectivity index (χ1n) is 7.31. The Hall–Kier alpha value is -1.10. The van der Waals surface area contributed by atoms with Gasteiger partial charge in [0.1, 0.15) is 0 Å². The fraction of sp³-hybridized carbons (Fsp3) is 0.857. The Bertz CT molecular complexity index is 351. The molecule has 108 valence electrons. The largest absolute Gasteiger partial charge is 0.481 e. The van der Waals surface area contributed by atoms with Crippen molar-refractivity contribution in [1.82, 2.24) is 4.90 Å². The number of nitrogens with two attached hydrogens (primary N) is 1. The molecule has 0 bridgehead atoms. The number of nitrogens with zero attached hydrogens (tertiary/aromatic N) is 1. The molecule has 19 heavy (non-hydrogen) atoms. The van der Waals surface area contributed by atoms with Crippen LogP contribution in [0.15, 0.2) is 0 Å².